The Morgan fingerprint density at radius 1 is 1.20 bits per heavy atom. The van der Waals surface area contributed by atoms with Crippen molar-refractivity contribution in [2.45, 2.75) is 64.6 Å². The minimum Gasteiger partial charge on any atom is -0.497 e. The fourth-order valence-electron chi connectivity index (χ4n) is 5.52. The van der Waals surface area contributed by atoms with Gasteiger partial charge in [-0.15, -0.1) is 5.10 Å². The number of hydrogen-bond acceptors (Lipinski definition) is 11. The molecule has 0 bridgehead atoms. The number of anilines is 2. The summed E-state index contributed by atoms with van der Waals surface area (Å²) in [4.78, 5) is 16.6. The highest BCUT2D eigenvalue weighted by atomic mass is 16.5. The van der Waals surface area contributed by atoms with Crippen molar-refractivity contribution in [1.82, 2.24) is 34.3 Å². The second-order valence-electron chi connectivity index (χ2n) is 11.8. The Morgan fingerprint density at radius 3 is 2.77 bits per heavy atom. The van der Waals surface area contributed by atoms with Gasteiger partial charge in [0.05, 0.1) is 43.9 Å². The number of fused-ring (bicyclic) bond motifs is 1. The lowest BCUT2D eigenvalue weighted by Crippen LogP contribution is -2.34. The van der Waals surface area contributed by atoms with Crippen LogP contribution in [0, 0.1) is 6.92 Å². The summed E-state index contributed by atoms with van der Waals surface area (Å²) in [5.74, 6) is 3.22. The molecule has 1 aromatic carbocycles. The molecule has 0 spiro atoms. The number of hydrogen-bond donors (Lipinski definition) is 2. The van der Waals surface area contributed by atoms with Crippen LogP contribution in [0.15, 0.2) is 47.5 Å². The highest BCUT2D eigenvalue weighted by Crippen LogP contribution is 2.33. The number of ether oxygens (including phenoxy) is 2. The molecule has 232 valence electrons. The van der Waals surface area contributed by atoms with E-state index in [1.54, 1.807) is 38.8 Å². The van der Waals surface area contributed by atoms with Crippen LogP contribution in [0.2, 0.25) is 0 Å². The summed E-state index contributed by atoms with van der Waals surface area (Å²) in [7, 11) is 3.26. The van der Waals surface area contributed by atoms with Crippen molar-refractivity contribution in [3.63, 3.8) is 0 Å². The predicted octanol–water partition coefficient (Wildman–Crippen LogP) is 4.63. The van der Waals surface area contributed by atoms with Crippen molar-refractivity contribution in [2.24, 2.45) is 0 Å². The number of benzene rings is 1. The lowest BCUT2D eigenvalue weighted by molar-refractivity contribution is 0.0258. The maximum Gasteiger partial charge on any atom is 0.245 e. The normalized spacial score (nSPS) is 16.3. The van der Waals surface area contributed by atoms with Crippen molar-refractivity contribution in [1.29, 1.82) is 0 Å². The van der Waals surface area contributed by atoms with Gasteiger partial charge in [0.15, 0.2) is 11.5 Å². The molecular weight excluding hydrogens is 562 g/mol. The topological polar surface area (TPSA) is 141 Å². The Bertz CT molecular complexity index is 1740. The van der Waals surface area contributed by atoms with Gasteiger partial charge in [-0.2, -0.15) is 9.61 Å². The van der Waals surface area contributed by atoms with E-state index in [0.717, 1.165) is 48.6 Å². The number of nitrogens with zero attached hydrogens (tertiary/aromatic N) is 8. The van der Waals surface area contributed by atoms with Gasteiger partial charge in [-0.25, -0.2) is 15.0 Å². The van der Waals surface area contributed by atoms with Crippen LogP contribution in [0.1, 0.15) is 62.5 Å². The molecule has 1 saturated heterocycles. The second kappa shape index (κ2) is 11.8. The largest absolute Gasteiger partial charge is 0.497 e. The molecule has 5 heterocycles. The first kappa shape index (κ1) is 29.4. The summed E-state index contributed by atoms with van der Waals surface area (Å²) in [6, 6.07) is 5.55. The quantitative estimate of drug-likeness (QED) is 0.231. The predicted molar refractivity (Wildman–Crippen MR) is 165 cm³/mol. The van der Waals surface area contributed by atoms with Gasteiger partial charge in [0.2, 0.25) is 11.8 Å². The number of nitrogens with one attached hydrogen (secondary N) is 1. The molecule has 6 rings (SSSR count). The first-order valence-electron chi connectivity index (χ1n) is 14.8. The minimum atomic E-state index is -0.881. The van der Waals surface area contributed by atoms with Gasteiger partial charge < -0.3 is 29.2 Å². The Hall–Kier alpha value is -4.65. The van der Waals surface area contributed by atoms with Gasteiger partial charge in [0.25, 0.3) is 0 Å². The molecular formula is C31H39N9O4. The zero-order valence-electron chi connectivity index (χ0n) is 26.0. The van der Waals surface area contributed by atoms with Gasteiger partial charge in [0.1, 0.15) is 23.5 Å². The summed E-state index contributed by atoms with van der Waals surface area (Å²) in [6.07, 6.45) is 8.97. The Kier molecular flexibility index (Phi) is 7.89. The molecule has 0 aliphatic carbocycles. The molecule has 1 aliphatic heterocycles. The van der Waals surface area contributed by atoms with Crippen LogP contribution < -0.4 is 19.7 Å². The van der Waals surface area contributed by atoms with E-state index in [1.165, 1.54) is 6.26 Å². The molecule has 13 heteroatoms. The molecule has 0 radical (unpaired) electrons. The summed E-state index contributed by atoms with van der Waals surface area (Å²) < 4.78 is 20.2. The molecule has 2 N–H and O–H groups in total. The second-order valence-corrected chi connectivity index (χ2v) is 11.8. The van der Waals surface area contributed by atoms with Crippen molar-refractivity contribution >= 4 is 17.3 Å². The smallest absolute Gasteiger partial charge is 0.245 e. The van der Waals surface area contributed by atoms with Crippen LogP contribution in [-0.4, -0.2) is 72.4 Å². The van der Waals surface area contributed by atoms with E-state index in [-0.39, 0.29) is 12.0 Å². The van der Waals surface area contributed by atoms with Crippen LogP contribution in [0.4, 0.5) is 11.6 Å². The fourth-order valence-corrected chi connectivity index (χ4v) is 5.52. The number of piperidine rings is 1. The molecule has 0 amide bonds. The molecule has 44 heavy (non-hydrogen) atoms. The summed E-state index contributed by atoms with van der Waals surface area (Å²) >= 11 is 0. The molecule has 1 fully saturated rings. The van der Waals surface area contributed by atoms with E-state index in [0.29, 0.717) is 41.2 Å². The summed E-state index contributed by atoms with van der Waals surface area (Å²) in [6.45, 7) is 9.63. The third kappa shape index (κ3) is 5.66. The average molecular weight is 602 g/mol. The maximum absolute atomic E-state index is 10.5. The summed E-state index contributed by atoms with van der Waals surface area (Å²) in [5.41, 5.74) is 3.20. The number of aliphatic hydroxyl groups is 1. The van der Waals surface area contributed by atoms with E-state index in [9.17, 15) is 5.11 Å². The molecule has 0 saturated carbocycles. The number of rotatable bonds is 10. The lowest BCUT2D eigenvalue weighted by Gasteiger charge is -2.32. The van der Waals surface area contributed by atoms with Gasteiger partial charge in [-0.3, -0.25) is 4.68 Å². The van der Waals surface area contributed by atoms with Crippen molar-refractivity contribution < 1.29 is 19.0 Å². The Labute approximate surface area is 255 Å². The zero-order valence-corrected chi connectivity index (χ0v) is 26.0. The zero-order chi connectivity index (χ0) is 31.0. The standard InChI is InChI=1S/C31H39N9O4/c1-19-26(29-32-11-13-44-29)35-30(33-15-21-9-10-24(42-5)14-25(21)43-6)40-28(19)36-27(37-40)22-8-7-12-38(17-22)23-16-34-39(18-23)20(2)31(3,4)41/h9-11,13-14,16,18,20,22,41H,7-8,12,15,17H2,1-6H3,(H,33,35)/t20?,22-/m1/s1. The highest BCUT2D eigenvalue weighted by Gasteiger charge is 2.29. The van der Waals surface area contributed by atoms with Gasteiger partial charge in [-0.05, 0) is 52.7 Å². The molecule has 1 unspecified atom stereocenters. The van der Waals surface area contributed by atoms with E-state index < -0.39 is 5.60 Å². The molecule has 2 atom stereocenters. The molecule has 4 aromatic heterocycles. The minimum absolute atomic E-state index is 0.109. The van der Waals surface area contributed by atoms with Crippen LogP contribution in [0.25, 0.3) is 17.2 Å². The third-order valence-electron chi connectivity index (χ3n) is 8.46. The third-order valence-corrected chi connectivity index (χ3v) is 8.46. The van der Waals surface area contributed by atoms with Crippen LogP contribution >= 0.6 is 0 Å². The van der Waals surface area contributed by atoms with Gasteiger partial charge >= 0.3 is 0 Å². The van der Waals surface area contributed by atoms with E-state index >= 15 is 0 Å². The Morgan fingerprint density at radius 2 is 2.05 bits per heavy atom. The Balaban J connectivity index is 1.31. The highest BCUT2D eigenvalue weighted by molar-refractivity contribution is 5.66. The molecule has 5 aromatic rings. The van der Waals surface area contributed by atoms with Gasteiger partial charge in [0, 0.05) is 48.9 Å². The molecule has 13 nitrogen and oxygen atoms in total. The van der Waals surface area contributed by atoms with E-state index in [4.69, 9.17) is 29.0 Å². The van der Waals surface area contributed by atoms with Gasteiger partial charge in [-0.1, -0.05) is 0 Å². The number of aromatic nitrogens is 7. The summed E-state index contributed by atoms with van der Waals surface area (Å²) in [5, 5.41) is 23.4. The van der Waals surface area contributed by atoms with Crippen LogP contribution in [0.3, 0.4) is 0 Å². The van der Waals surface area contributed by atoms with Crippen molar-refractivity contribution in [3.8, 4) is 23.1 Å². The maximum atomic E-state index is 10.5. The SMILES string of the molecule is COc1ccc(CNc2nc(-c3ncco3)c(C)c3nc([C@@H]4CCCN(c5cnn(C(C)C(C)(C)O)c5)C4)nn23)c(OC)c1. The number of methoxy groups -OCH3 is 2. The van der Waals surface area contributed by atoms with Crippen LogP contribution in [0.5, 0.6) is 11.5 Å². The first-order chi connectivity index (χ1) is 21.2. The van der Waals surface area contributed by atoms with Crippen molar-refractivity contribution in [2.75, 3.05) is 37.5 Å². The lowest BCUT2D eigenvalue weighted by atomic mass is 9.97. The number of oxazole rings is 1. The number of aryl methyl sites for hydroxylation is 1. The van der Waals surface area contributed by atoms with E-state index in [1.807, 2.05) is 49.1 Å². The van der Waals surface area contributed by atoms with E-state index in [2.05, 4.69) is 20.3 Å². The monoisotopic (exact) mass is 601 g/mol. The average Bonchev–Trinajstić information content (AvgIpc) is 3.81. The van der Waals surface area contributed by atoms with Crippen molar-refractivity contribution in [3.05, 3.63) is 60.0 Å². The fraction of sp³-hybridized carbons (Fsp3) is 0.452. The molecule has 1 aliphatic rings. The van der Waals surface area contributed by atoms with Crippen LogP contribution in [-0.2, 0) is 6.54 Å². The first-order valence-corrected chi connectivity index (χ1v) is 14.8.